The molecule has 0 saturated heterocycles. The van der Waals surface area contributed by atoms with E-state index < -0.39 is 6.29 Å². The predicted octanol–water partition coefficient (Wildman–Crippen LogP) is 3.39. The SMILES string of the molecule is CCOC(OCC)c1nc(Cc2ccc(Cl)cc2)no1. The molecule has 0 N–H and O–H groups in total. The van der Waals surface area contributed by atoms with E-state index in [1.807, 2.05) is 38.1 Å². The van der Waals surface area contributed by atoms with Crippen LogP contribution in [0.4, 0.5) is 0 Å². The summed E-state index contributed by atoms with van der Waals surface area (Å²) in [5.41, 5.74) is 1.06. The first-order valence-electron chi connectivity index (χ1n) is 6.53. The Morgan fingerprint density at radius 1 is 1.15 bits per heavy atom. The summed E-state index contributed by atoms with van der Waals surface area (Å²) >= 11 is 5.85. The van der Waals surface area contributed by atoms with Crippen LogP contribution in [0.1, 0.15) is 37.4 Å². The van der Waals surface area contributed by atoms with E-state index in [-0.39, 0.29) is 0 Å². The van der Waals surface area contributed by atoms with E-state index >= 15 is 0 Å². The molecule has 1 aromatic heterocycles. The van der Waals surface area contributed by atoms with Crippen molar-refractivity contribution >= 4 is 11.6 Å². The Morgan fingerprint density at radius 3 is 2.40 bits per heavy atom. The first kappa shape index (κ1) is 15.0. The molecule has 2 rings (SSSR count). The van der Waals surface area contributed by atoms with Gasteiger partial charge in [-0.05, 0) is 31.5 Å². The number of nitrogens with zero attached hydrogens (tertiary/aromatic N) is 2. The number of benzene rings is 1. The van der Waals surface area contributed by atoms with Crippen molar-refractivity contribution < 1.29 is 14.0 Å². The van der Waals surface area contributed by atoms with Crippen LogP contribution in [0.5, 0.6) is 0 Å². The lowest BCUT2D eigenvalue weighted by molar-refractivity contribution is -0.155. The van der Waals surface area contributed by atoms with Gasteiger partial charge in [0.2, 0.25) is 6.29 Å². The Morgan fingerprint density at radius 2 is 1.80 bits per heavy atom. The van der Waals surface area contributed by atoms with Gasteiger partial charge in [0.1, 0.15) is 0 Å². The maximum Gasteiger partial charge on any atom is 0.283 e. The van der Waals surface area contributed by atoms with Crippen LogP contribution in [-0.2, 0) is 15.9 Å². The summed E-state index contributed by atoms with van der Waals surface area (Å²) in [4.78, 5) is 4.30. The molecule has 0 saturated carbocycles. The lowest BCUT2D eigenvalue weighted by Gasteiger charge is -2.11. The molecule has 0 aliphatic rings. The second-order valence-corrected chi connectivity index (χ2v) is 4.53. The van der Waals surface area contributed by atoms with Crippen LogP contribution < -0.4 is 0 Å². The van der Waals surface area contributed by atoms with Crippen LogP contribution in [0.3, 0.4) is 0 Å². The Bertz CT molecular complexity index is 521. The number of ether oxygens (including phenoxy) is 2. The van der Waals surface area contributed by atoms with Crippen LogP contribution in [0, 0.1) is 0 Å². The summed E-state index contributed by atoms with van der Waals surface area (Å²) in [5.74, 6) is 0.935. The number of aromatic nitrogens is 2. The molecule has 0 radical (unpaired) electrons. The van der Waals surface area contributed by atoms with Crippen LogP contribution in [0.25, 0.3) is 0 Å². The summed E-state index contributed by atoms with van der Waals surface area (Å²) in [7, 11) is 0. The van der Waals surface area contributed by atoms with Gasteiger partial charge in [-0.25, -0.2) is 0 Å². The zero-order valence-electron chi connectivity index (χ0n) is 11.5. The molecule has 0 aliphatic carbocycles. The molecule has 0 atom stereocenters. The zero-order chi connectivity index (χ0) is 14.4. The number of halogens is 1. The van der Waals surface area contributed by atoms with Gasteiger partial charge in [0.05, 0.1) is 0 Å². The van der Waals surface area contributed by atoms with Crippen molar-refractivity contribution in [1.29, 1.82) is 0 Å². The van der Waals surface area contributed by atoms with Gasteiger partial charge in [0.15, 0.2) is 5.82 Å². The molecule has 20 heavy (non-hydrogen) atoms. The molecule has 108 valence electrons. The van der Waals surface area contributed by atoms with Crippen molar-refractivity contribution in [1.82, 2.24) is 10.1 Å². The molecule has 2 aromatic rings. The summed E-state index contributed by atoms with van der Waals surface area (Å²) < 4.78 is 16.0. The fraction of sp³-hybridized carbons (Fsp3) is 0.429. The van der Waals surface area contributed by atoms with Gasteiger partial charge in [-0.3, -0.25) is 0 Å². The summed E-state index contributed by atoms with van der Waals surface area (Å²) in [5, 5.41) is 4.64. The van der Waals surface area contributed by atoms with Crippen molar-refractivity contribution in [3.05, 3.63) is 46.6 Å². The van der Waals surface area contributed by atoms with Gasteiger partial charge in [0, 0.05) is 24.7 Å². The predicted molar refractivity (Wildman–Crippen MR) is 74.5 cm³/mol. The highest BCUT2D eigenvalue weighted by atomic mass is 35.5. The first-order valence-corrected chi connectivity index (χ1v) is 6.90. The molecule has 0 amide bonds. The fourth-order valence-electron chi connectivity index (χ4n) is 1.71. The smallest absolute Gasteiger partial charge is 0.283 e. The van der Waals surface area contributed by atoms with Gasteiger partial charge in [0.25, 0.3) is 5.89 Å². The van der Waals surface area contributed by atoms with Gasteiger partial charge in [-0.1, -0.05) is 28.9 Å². The molecule has 6 heteroatoms. The van der Waals surface area contributed by atoms with Crippen molar-refractivity contribution in [2.45, 2.75) is 26.6 Å². The maximum atomic E-state index is 5.85. The molecule has 0 spiro atoms. The largest absolute Gasteiger partial charge is 0.345 e. The topological polar surface area (TPSA) is 57.4 Å². The molecule has 1 heterocycles. The molecular formula is C14H17ClN2O3. The van der Waals surface area contributed by atoms with Crippen molar-refractivity contribution in [2.24, 2.45) is 0 Å². The molecular weight excluding hydrogens is 280 g/mol. The van der Waals surface area contributed by atoms with Crippen LogP contribution in [0.15, 0.2) is 28.8 Å². The number of hydrogen-bond donors (Lipinski definition) is 0. The third-order valence-electron chi connectivity index (χ3n) is 2.60. The van der Waals surface area contributed by atoms with Crippen LogP contribution >= 0.6 is 11.6 Å². The summed E-state index contributed by atoms with van der Waals surface area (Å²) in [6.45, 7) is 4.80. The maximum absolute atomic E-state index is 5.85. The normalized spacial score (nSPS) is 11.2. The standard InChI is InChI=1S/C14H17ClN2O3/c1-3-18-14(19-4-2)13-16-12(17-20-13)9-10-5-7-11(15)8-6-10/h5-8,14H,3-4,9H2,1-2H3. The minimum atomic E-state index is -0.600. The Balaban J connectivity index is 2.05. The van der Waals surface area contributed by atoms with E-state index in [0.717, 1.165) is 5.56 Å². The lowest BCUT2D eigenvalue weighted by Crippen LogP contribution is -2.09. The molecule has 0 unspecified atom stereocenters. The average molecular weight is 297 g/mol. The highest BCUT2D eigenvalue weighted by Crippen LogP contribution is 2.18. The zero-order valence-corrected chi connectivity index (χ0v) is 12.3. The second kappa shape index (κ2) is 7.38. The molecule has 0 fully saturated rings. The fourth-order valence-corrected chi connectivity index (χ4v) is 1.84. The molecule has 0 aliphatic heterocycles. The Labute approximate surface area is 122 Å². The van der Waals surface area contributed by atoms with Gasteiger partial charge >= 0.3 is 0 Å². The summed E-state index contributed by atoms with van der Waals surface area (Å²) in [6, 6.07) is 7.53. The highest BCUT2D eigenvalue weighted by Gasteiger charge is 2.19. The quantitative estimate of drug-likeness (QED) is 0.733. The van der Waals surface area contributed by atoms with E-state index in [9.17, 15) is 0 Å². The van der Waals surface area contributed by atoms with Crippen LogP contribution in [-0.4, -0.2) is 23.4 Å². The highest BCUT2D eigenvalue weighted by molar-refractivity contribution is 6.30. The van der Waals surface area contributed by atoms with Gasteiger partial charge in [-0.15, -0.1) is 0 Å². The first-order chi connectivity index (χ1) is 9.72. The Kier molecular flexibility index (Phi) is 5.52. The number of hydrogen-bond acceptors (Lipinski definition) is 5. The third-order valence-corrected chi connectivity index (χ3v) is 2.85. The van der Waals surface area contributed by atoms with Crippen LogP contribution in [0.2, 0.25) is 5.02 Å². The second-order valence-electron chi connectivity index (χ2n) is 4.09. The van der Waals surface area contributed by atoms with E-state index in [1.165, 1.54) is 0 Å². The van der Waals surface area contributed by atoms with E-state index in [0.29, 0.717) is 36.4 Å². The summed E-state index contributed by atoms with van der Waals surface area (Å²) in [6.07, 6.45) is -0.0255. The van der Waals surface area contributed by atoms with Gasteiger partial charge < -0.3 is 14.0 Å². The Hall–Kier alpha value is -1.43. The van der Waals surface area contributed by atoms with Crippen molar-refractivity contribution in [2.75, 3.05) is 13.2 Å². The molecule has 0 bridgehead atoms. The number of rotatable bonds is 7. The minimum absolute atomic E-state index is 0.345. The van der Waals surface area contributed by atoms with E-state index in [2.05, 4.69) is 10.1 Å². The minimum Gasteiger partial charge on any atom is -0.345 e. The van der Waals surface area contributed by atoms with Crippen molar-refractivity contribution in [3.63, 3.8) is 0 Å². The van der Waals surface area contributed by atoms with E-state index in [1.54, 1.807) is 0 Å². The monoisotopic (exact) mass is 296 g/mol. The van der Waals surface area contributed by atoms with Gasteiger partial charge in [-0.2, -0.15) is 4.98 Å². The lowest BCUT2D eigenvalue weighted by atomic mass is 10.1. The van der Waals surface area contributed by atoms with E-state index in [4.69, 9.17) is 25.6 Å². The molecule has 5 nitrogen and oxygen atoms in total. The average Bonchev–Trinajstić information content (AvgIpc) is 2.90. The van der Waals surface area contributed by atoms with Crippen molar-refractivity contribution in [3.8, 4) is 0 Å². The third kappa shape index (κ3) is 4.03. The molecule has 1 aromatic carbocycles.